The zero-order valence-corrected chi connectivity index (χ0v) is 27.6. The molecule has 1 aliphatic rings. The summed E-state index contributed by atoms with van der Waals surface area (Å²) < 4.78 is 18.7. The van der Waals surface area contributed by atoms with E-state index in [2.05, 4.69) is 55.2 Å². The van der Waals surface area contributed by atoms with Crippen LogP contribution >= 0.6 is 23.2 Å². The van der Waals surface area contributed by atoms with Crippen molar-refractivity contribution in [3.05, 3.63) is 70.6 Å². The second-order valence-electron chi connectivity index (χ2n) is 10.2. The summed E-state index contributed by atoms with van der Waals surface area (Å²) >= 11 is 13.7. The van der Waals surface area contributed by atoms with Gasteiger partial charge < -0.3 is 23.9 Å². The average molecular weight is 653 g/mol. The molecule has 1 fully saturated rings. The number of carbonyl (C=O) groups is 1. The highest BCUT2D eigenvalue weighted by atomic mass is 35.5. The lowest BCUT2D eigenvalue weighted by Crippen LogP contribution is -2.53. The molecule has 0 spiro atoms. The van der Waals surface area contributed by atoms with Gasteiger partial charge in [0, 0.05) is 66.7 Å². The fourth-order valence-electron chi connectivity index (χ4n) is 5.42. The lowest BCUT2D eigenvalue weighted by Gasteiger charge is -2.36. The van der Waals surface area contributed by atoms with Crippen molar-refractivity contribution in [1.29, 1.82) is 0 Å². The van der Waals surface area contributed by atoms with Crippen molar-refractivity contribution in [3.63, 3.8) is 0 Å². The molecular weight excluding hydrogens is 613 g/mol. The molecule has 3 heterocycles. The van der Waals surface area contributed by atoms with E-state index in [1.807, 2.05) is 25.4 Å². The molecular formula is C34H39Cl2N5O4. The van der Waals surface area contributed by atoms with Gasteiger partial charge in [-0.2, -0.15) is 0 Å². The number of methoxy groups -OCH3 is 2. The number of pyridine rings is 1. The van der Waals surface area contributed by atoms with Gasteiger partial charge in [-0.3, -0.25) is 14.7 Å². The number of benzene rings is 1. The fourth-order valence-corrected chi connectivity index (χ4v) is 6.12. The number of ether oxygens (including phenoxy) is 3. The number of rotatable bonds is 13. The zero-order chi connectivity index (χ0) is 32.3. The third-order valence-electron chi connectivity index (χ3n) is 7.57. The number of halogens is 2. The van der Waals surface area contributed by atoms with E-state index < -0.39 is 0 Å². The van der Waals surface area contributed by atoms with Crippen molar-refractivity contribution >= 4 is 41.0 Å². The first kappa shape index (κ1) is 34.1. The number of aromatic nitrogens is 2. The number of amides is 1. The van der Waals surface area contributed by atoms with E-state index in [9.17, 15) is 4.79 Å². The first-order valence-electron chi connectivity index (χ1n) is 14.8. The highest BCUT2D eigenvalue weighted by Crippen LogP contribution is 2.47. The summed E-state index contributed by atoms with van der Waals surface area (Å²) in [5, 5.41) is 3.72. The highest BCUT2D eigenvalue weighted by molar-refractivity contribution is 6.41. The number of hydrogen-bond donors (Lipinski definition) is 1. The first-order chi connectivity index (χ1) is 21.9. The second kappa shape index (κ2) is 16.5. The quantitative estimate of drug-likeness (QED) is 0.146. The van der Waals surface area contributed by atoms with Crippen molar-refractivity contribution in [2.24, 2.45) is 4.99 Å². The Hall–Kier alpha value is -3.81. The summed E-state index contributed by atoms with van der Waals surface area (Å²) in [6.45, 7) is 11.0. The number of aliphatic imine (C=N–C) groups is 1. The van der Waals surface area contributed by atoms with E-state index >= 15 is 0 Å². The molecule has 1 amide bonds. The van der Waals surface area contributed by atoms with Crippen LogP contribution in [0, 0.1) is 11.8 Å². The average Bonchev–Trinajstić information content (AvgIpc) is 3.54. The molecule has 0 radical (unpaired) electrons. The van der Waals surface area contributed by atoms with Crippen LogP contribution in [0.5, 0.6) is 11.5 Å². The first-order valence-corrected chi connectivity index (χ1v) is 15.6. The third kappa shape index (κ3) is 7.89. The Morgan fingerprint density at radius 3 is 2.56 bits per heavy atom. The number of imidazole rings is 1. The lowest BCUT2D eigenvalue weighted by molar-refractivity contribution is -0.116. The van der Waals surface area contributed by atoms with Gasteiger partial charge in [-0.25, -0.2) is 4.98 Å². The van der Waals surface area contributed by atoms with E-state index in [1.165, 1.54) is 0 Å². The number of carbonyl (C=O) groups excluding carboxylic acids is 1. The highest BCUT2D eigenvalue weighted by Gasteiger charge is 2.26. The van der Waals surface area contributed by atoms with Crippen LogP contribution in [-0.4, -0.2) is 85.6 Å². The molecule has 11 heteroatoms. The summed E-state index contributed by atoms with van der Waals surface area (Å²) in [5.74, 6) is 5.78. The molecule has 2 aromatic heterocycles. The van der Waals surface area contributed by atoms with Crippen LogP contribution in [0.2, 0.25) is 10.0 Å². The minimum absolute atomic E-state index is 0.0990. The molecule has 238 valence electrons. The van der Waals surface area contributed by atoms with Crippen molar-refractivity contribution in [3.8, 4) is 34.5 Å². The molecule has 1 saturated heterocycles. The molecule has 3 aromatic rings. The predicted molar refractivity (Wildman–Crippen MR) is 181 cm³/mol. The van der Waals surface area contributed by atoms with Crippen LogP contribution in [0.3, 0.4) is 0 Å². The minimum atomic E-state index is -0.328. The summed E-state index contributed by atoms with van der Waals surface area (Å²) in [6.07, 6.45) is 13.0. The Kier molecular flexibility index (Phi) is 12.5. The van der Waals surface area contributed by atoms with Crippen LogP contribution in [0.1, 0.15) is 31.5 Å². The van der Waals surface area contributed by atoms with Gasteiger partial charge in [0.15, 0.2) is 0 Å². The molecule has 1 aromatic carbocycles. The van der Waals surface area contributed by atoms with Gasteiger partial charge in [-0.15, -0.1) is 6.58 Å². The van der Waals surface area contributed by atoms with E-state index in [-0.39, 0.29) is 18.0 Å². The van der Waals surface area contributed by atoms with Gasteiger partial charge in [-0.05, 0) is 38.7 Å². The number of aryl methyl sites for hydroxylation is 1. The Balaban J connectivity index is 1.71. The van der Waals surface area contributed by atoms with E-state index in [0.29, 0.717) is 58.9 Å². The number of fused-ring (bicyclic) bond motifs is 1. The number of hydrogen-bond acceptors (Lipinski definition) is 7. The van der Waals surface area contributed by atoms with Crippen molar-refractivity contribution in [1.82, 2.24) is 19.6 Å². The molecule has 2 unspecified atom stereocenters. The molecule has 45 heavy (non-hydrogen) atoms. The molecule has 1 N–H and O–H groups in total. The van der Waals surface area contributed by atoms with Crippen molar-refractivity contribution in [2.45, 2.75) is 38.8 Å². The predicted octanol–water partition coefficient (Wildman–Crippen LogP) is 5.65. The molecule has 9 nitrogen and oxygen atoms in total. The normalized spacial score (nSPS) is 15.2. The Labute approximate surface area is 274 Å². The van der Waals surface area contributed by atoms with Gasteiger partial charge in [-0.1, -0.05) is 47.4 Å². The standard InChI is InChI=1S/C34H39Cl2N5O4/c1-6-11-30(42)39-25(7-2)27(40-16-18-45-19-17-40)13-10-9-12-26-23(22-37-8-3)20-24(34-38-14-15-41(26)34)31-32(35)28(43-4)21-29(44-5)33(31)36/h7,10,13-15,20-22,25,27H,2,8-9,12,16-19H2,1,3-5H3,(H,39,42)/b13-10+,37-22-. The van der Waals surface area contributed by atoms with Gasteiger partial charge in [0.2, 0.25) is 0 Å². The number of morpholine rings is 1. The maximum atomic E-state index is 12.3. The van der Waals surface area contributed by atoms with Gasteiger partial charge in [0.05, 0.1) is 49.6 Å². The summed E-state index contributed by atoms with van der Waals surface area (Å²) in [4.78, 5) is 23.9. The molecule has 0 aliphatic carbocycles. The third-order valence-corrected chi connectivity index (χ3v) is 8.32. The van der Waals surface area contributed by atoms with Crippen LogP contribution in [0.25, 0.3) is 16.8 Å². The van der Waals surface area contributed by atoms with Gasteiger partial charge in [0.25, 0.3) is 5.91 Å². The zero-order valence-electron chi connectivity index (χ0n) is 26.1. The van der Waals surface area contributed by atoms with Gasteiger partial charge in [0.1, 0.15) is 17.1 Å². The SMILES string of the molecule is C=CC(NC(=O)C#CC)C(/C=C/CCc1c(/C=N\CC)cc(-c2c(Cl)c(OC)cc(OC)c2Cl)c2nccn12)N1CCOCC1. The van der Waals surface area contributed by atoms with Crippen LogP contribution < -0.4 is 14.8 Å². The van der Waals surface area contributed by atoms with E-state index in [0.717, 1.165) is 36.3 Å². The maximum absolute atomic E-state index is 12.3. The summed E-state index contributed by atoms with van der Waals surface area (Å²) in [7, 11) is 3.10. The van der Waals surface area contributed by atoms with Crippen LogP contribution in [-0.2, 0) is 16.0 Å². The number of nitrogens with zero attached hydrogens (tertiary/aromatic N) is 4. The van der Waals surface area contributed by atoms with E-state index in [4.69, 9.17) is 37.4 Å². The molecule has 4 rings (SSSR count). The lowest BCUT2D eigenvalue weighted by atomic mass is 10.00. The molecule has 0 bridgehead atoms. The Bertz CT molecular complexity index is 1600. The second-order valence-corrected chi connectivity index (χ2v) is 11.0. The number of allylic oxidation sites excluding steroid dienone is 1. The van der Waals surface area contributed by atoms with E-state index in [1.54, 1.807) is 39.5 Å². The molecule has 0 saturated carbocycles. The smallest absolute Gasteiger partial charge is 0.296 e. The van der Waals surface area contributed by atoms with Gasteiger partial charge >= 0.3 is 0 Å². The fraction of sp³-hybridized carbons (Fsp3) is 0.382. The maximum Gasteiger partial charge on any atom is 0.296 e. The van der Waals surface area contributed by atoms with Crippen LogP contribution in [0.4, 0.5) is 0 Å². The molecule has 1 aliphatic heterocycles. The van der Waals surface area contributed by atoms with Crippen LogP contribution in [0.15, 0.2) is 54.3 Å². The topological polar surface area (TPSA) is 89.7 Å². The molecule has 2 atom stereocenters. The monoisotopic (exact) mass is 651 g/mol. The minimum Gasteiger partial charge on any atom is -0.495 e. The summed E-state index contributed by atoms with van der Waals surface area (Å²) in [5.41, 5.74) is 3.95. The van der Waals surface area contributed by atoms with Crippen molar-refractivity contribution < 1.29 is 19.0 Å². The number of nitrogens with one attached hydrogen (secondary N) is 1. The largest absolute Gasteiger partial charge is 0.495 e. The van der Waals surface area contributed by atoms with Crippen molar-refractivity contribution in [2.75, 3.05) is 47.1 Å². The Morgan fingerprint density at radius 1 is 1.22 bits per heavy atom. The summed E-state index contributed by atoms with van der Waals surface area (Å²) in [6, 6.07) is 3.27. The Morgan fingerprint density at radius 2 is 1.93 bits per heavy atom.